The fourth-order valence-electron chi connectivity index (χ4n) is 2.13. The van der Waals surface area contributed by atoms with Crippen molar-refractivity contribution >= 4 is 17.0 Å². The highest BCUT2D eigenvalue weighted by Gasteiger charge is 2.19. The summed E-state index contributed by atoms with van der Waals surface area (Å²) >= 11 is 1.69. The van der Waals surface area contributed by atoms with Crippen molar-refractivity contribution in [2.24, 2.45) is 0 Å². The molecule has 0 bridgehead atoms. The number of rotatable bonds is 6. The Hall–Kier alpha value is -1.79. The van der Waals surface area contributed by atoms with Crippen LogP contribution < -0.4 is 0 Å². The van der Waals surface area contributed by atoms with E-state index in [1.165, 1.54) is 17.0 Å². The van der Waals surface area contributed by atoms with Gasteiger partial charge in [0, 0.05) is 29.1 Å². The molecule has 0 aliphatic rings. The molecule has 1 aromatic carbocycles. The van der Waals surface area contributed by atoms with E-state index in [0.29, 0.717) is 12.1 Å². The number of hydrogen-bond acceptors (Lipinski definition) is 4. The van der Waals surface area contributed by atoms with Crippen LogP contribution in [-0.4, -0.2) is 22.9 Å². The summed E-state index contributed by atoms with van der Waals surface area (Å²) in [6.07, 6.45) is 0.880. The van der Waals surface area contributed by atoms with Crippen molar-refractivity contribution in [1.82, 2.24) is 4.90 Å². The van der Waals surface area contributed by atoms with Gasteiger partial charge in [0.2, 0.25) is 5.82 Å². The summed E-state index contributed by atoms with van der Waals surface area (Å²) in [5, 5.41) is 12.8. The quantitative estimate of drug-likeness (QED) is 0.601. The molecular formula is C15H17FN2O2S. The molecule has 2 rings (SSSR count). The van der Waals surface area contributed by atoms with Crippen LogP contribution in [0.25, 0.3) is 0 Å². The fraction of sp³-hybridized carbons (Fsp3) is 0.333. The van der Waals surface area contributed by atoms with Gasteiger partial charge in [0.15, 0.2) is 0 Å². The zero-order chi connectivity index (χ0) is 15.4. The number of nitro groups is 1. The van der Waals surface area contributed by atoms with E-state index >= 15 is 0 Å². The predicted octanol–water partition coefficient (Wildman–Crippen LogP) is 3.86. The summed E-state index contributed by atoms with van der Waals surface area (Å²) in [4.78, 5) is 13.3. The number of thiophene rings is 1. The average molecular weight is 308 g/mol. The van der Waals surface area contributed by atoms with Gasteiger partial charge < -0.3 is 0 Å². The average Bonchev–Trinajstić information content (AvgIpc) is 2.93. The van der Waals surface area contributed by atoms with E-state index in [1.54, 1.807) is 17.4 Å². The van der Waals surface area contributed by atoms with Crippen molar-refractivity contribution in [2.45, 2.75) is 25.9 Å². The molecule has 1 heterocycles. The van der Waals surface area contributed by atoms with Crippen molar-refractivity contribution in [3.63, 3.8) is 0 Å². The first-order chi connectivity index (χ1) is 9.99. The van der Waals surface area contributed by atoms with E-state index < -0.39 is 16.4 Å². The molecule has 1 atom stereocenters. The van der Waals surface area contributed by atoms with Crippen LogP contribution in [0.2, 0.25) is 0 Å². The molecule has 0 fully saturated rings. The number of nitrogens with zero attached hydrogens (tertiary/aromatic N) is 2. The first-order valence-corrected chi connectivity index (χ1v) is 7.51. The molecule has 0 spiro atoms. The lowest BCUT2D eigenvalue weighted by atomic mass is 10.1. The maximum Gasteiger partial charge on any atom is 0.305 e. The van der Waals surface area contributed by atoms with Gasteiger partial charge >= 0.3 is 5.69 Å². The van der Waals surface area contributed by atoms with E-state index in [4.69, 9.17) is 0 Å². The zero-order valence-electron chi connectivity index (χ0n) is 12.0. The van der Waals surface area contributed by atoms with Crippen LogP contribution in [0.1, 0.15) is 17.4 Å². The van der Waals surface area contributed by atoms with Crippen molar-refractivity contribution in [3.05, 3.63) is 62.1 Å². The Balaban J connectivity index is 2.07. The Labute approximate surface area is 127 Å². The van der Waals surface area contributed by atoms with Gasteiger partial charge in [-0.25, -0.2) is 0 Å². The second kappa shape index (κ2) is 6.78. The Kier molecular flexibility index (Phi) is 5.03. The second-order valence-corrected chi connectivity index (χ2v) is 6.09. The summed E-state index contributed by atoms with van der Waals surface area (Å²) in [7, 11) is 1.90. The third-order valence-corrected chi connectivity index (χ3v) is 4.40. The smallest absolute Gasteiger partial charge is 0.299 e. The Morgan fingerprint density at radius 2 is 2.14 bits per heavy atom. The van der Waals surface area contributed by atoms with Crippen molar-refractivity contribution in [1.29, 1.82) is 0 Å². The van der Waals surface area contributed by atoms with Crippen LogP contribution in [-0.2, 0) is 13.0 Å². The number of nitro benzene ring substituents is 1. The molecule has 0 amide bonds. The standard InChI is InChI=1S/C15H17FN2O2S/c1-11(9-13-6-4-8-21-13)17(2)10-12-5-3-7-14(15(12)16)18(19)20/h3-8,11H,9-10H2,1-2H3. The number of hydrogen-bond donors (Lipinski definition) is 0. The second-order valence-electron chi connectivity index (χ2n) is 5.05. The molecule has 1 unspecified atom stereocenters. The lowest BCUT2D eigenvalue weighted by Gasteiger charge is -2.24. The molecule has 0 saturated carbocycles. The van der Waals surface area contributed by atoms with E-state index in [-0.39, 0.29) is 6.04 Å². The van der Waals surface area contributed by atoms with Crippen molar-refractivity contribution in [2.75, 3.05) is 7.05 Å². The highest BCUT2D eigenvalue weighted by molar-refractivity contribution is 7.09. The maximum absolute atomic E-state index is 14.1. The van der Waals surface area contributed by atoms with Gasteiger partial charge in [-0.2, -0.15) is 4.39 Å². The van der Waals surface area contributed by atoms with Gasteiger partial charge in [-0.1, -0.05) is 18.2 Å². The topological polar surface area (TPSA) is 46.4 Å². The van der Waals surface area contributed by atoms with E-state index in [9.17, 15) is 14.5 Å². The lowest BCUT2D eigenvalue weighted by Crippen LogP contribution is -2.30. The molecular weight excluding hydrogens is 291 g/mol. The summed E-state index contributed by atoms with van der Waals surface area (Å²) in [6, 6.07) is 8.61. The summed E-state index contributed by atoms with van der Waals surface area (Å²) < 4.78 is 14.1. The van der Waals surface area contributed by atoms with Gasteiger partial charge in [0.25, 0.3) is 0 Å². The minimum absolute atomic E-state index is 0.224. The normalized spacial score (nSPS) is 12.6. The Bertz CT molecular complexity index is 616. The number of halogens is 1. The molecule has 0 aliphatic heterocycles. The van der Waals surface area contributed by atoms with Gasteiger partial charge in [-0.05, 0) is 31.8 Å². The highest BCUT2D eigenvalue weighted by Crippen LogP contribution is 2.22. The molecule has 0 radical (unpaired) electrons. The molecule has 1 aromatic heterocycles. The molecule has 4 nitrogen and oxygen atoms in total. The Morgan fingerprint density at radius 1 is 1.38 bits per heavy atom. The third-order valence-electron chi connectivity index (χ3n) is 3.50. The minimum atomic E-state index is -0.738. The van der Waals surface area contributed by atoms with Crippen LogP contribution in [0, 0.1) is 15.9 Å². The number of benzene rings is 1. The van der Waals surface area contributed by atoms with Gasteiger partial charge in [-0.3, -0.25) is 15.0 Å². The van der Waals surface area contributed by atoms with Crippen LogP contribution in [0.3, 0.4) is 0 Å². The first-order valence-electron chi connectivity index (χ1n) is 6.63. The highest BCUT2D eigenvalue weighted by atomic mass is 32.1. The van der Waals surface area contributed by atoms with Gasteiger partial charge in [-0.15, -0.1) is 11.3 Å². The summed E-state index contributed by atoms with van der Waals surface area (Å²) in [6.45, 7) is 2.41. The largest absolute Gasteiger partial charge is 0.305 e. The van der Waals surface area contributed by atoms with Crippen LogP contribution in [0.5, 0.6) is 0 Å². The minimum Gasteiger partial charge on any atom is -0.299 e. The monoisotopic (exact) mass is 308 g/mol. The van der Waals surface area contributed by atoms with Crippen LogP contribution in [0.4, 0.5) is 10.1 Å². The predicted molar refractivity (Wildman–Crippen MR) is 82.0 cm³/mol. The van der Waals surface area contributed by atoms with Gasteiger partial charge in [0.1, 0.15) is 0 Å². The number of likely N-dealkylation sites (N-methyl/N-ethyl adjacent to an activating group) is 1. The SMILES string of the molecule is CC(Cc1cccs1)N(C)Cc1cccc([N+](=O)[O-])c1F. The molecule has 0 N–H and O–H groups in total. The summed E-state index contributed by atoms with van der Waals surface area (Å²) in [5.74, 6) is -0.738. The molecule has 0 saturated heterocycles. The van der Waals surface area contributed by atoms with Gasteiger partial charge in [0.05, 0.1) is 4.92 Å². The van der Waals surface area contributed by atoms with Crippen molar-refractivity contribution < 1.29 is 9.31 Å². The molecule has 0 aliphatic carbocycles. The molecule has 2 aromatic rings. The molecule has 112 valence electrons. The lowest BCUT2D eigenvalue weighted by molar-refractivity contribution is -0.387. The van der Waals surface area contributed by atoms with E-state index in [1.807, 2.05) is 23.4 Å². The molecule has 21 heavy (non-hydrogen) atoms. The Morgan fingerprint density at radius 3 is 2.76 bits per heavy atom. The van der Waals surface area contributed by atoms with E-state index in [2.05, 4.69) is 13.0 Å². The van der Waals surface area contributed by atoms with Crippen LogP contribution >= 0.6 is 11.3 Å². The first kappa shape index (κ1) is 15.6. The van der Waals surface area contributed by atoms with Crippen LogP contribution in [0.15, 0.2) is 35.7 Å². The fourth-order valence-corrected chi connectivity index (χ4v) is 2.96. The zero-order valence-corrected chi connectivity index (χ0v) is 12.8. The molecule has 6 heteroatoms. The van der Waals surface area contributed by atoms with E-state index in [0.717, 1.165) is 6.42 Å². The van der Waals surface area contributed by atoms with Crippen molar-refractivity contribution in [3.8, 4) is 0 Å². The maximum atomic E-state index is 14.1. The third kappa shape index (κ3) is 3.86. The summed E-state index contributed by atoms with van der Waals surface area (Å²) in [5.41, 5.74) is -0.114.